The van der Waals surface area contributed by atoms with Crippen molar-refractivity contribution in [2.24, 2.45) is 0 Å². The van der Waals surface area contributed by atoms with E-state index >= 15 is 0 Å². The molecule has 1 N–H and O–H groups in total. The van der Waals surface area contributed by atoms with Gasteiger partial charge in [0.15, 0.2) is 0 Å². The molecule has 0 heterocycles. The van der Waals surface area contributed by atoms with Crippen LogP contribution in [0.5, 0.6) is 0 Å². The molecule has 0 aromatic heterocycles. The normalized spacial score (nSPS) is 11.9. The van der Waals surface area contributed by atoms with Crippen molar-refractivity contribution in [3.8, 4) is 0 Å². The van der Waals surface area contributed by atoms with Crippen LogP contribution in [-0.2, 0) is 4.79 Å². The second kappa shape index (κ2) is 5.14. The Morgan fingerprint density at radius 2 is 1.56 bits per heavy atom. The van der Waals surface area contributed by atoms with E-state index in [1.165, 1.54) is 0 Å². The third kappa shape index (κ3) is 2.84. The van der Waals surface area contributed by atoms with Gasteiger partial charge in [-0.05, 0) is 6.92 Å². The lowest BCUT2D eigenvalue weighted by atomic mass is 10.1. The lowest BCUT2D eigenvalue weighted by Crippen LogP contribution is -2.05. The van der Waals surface area contributed by atoms with E-state index in [2.05, 4.69) is 0 Å². The topological polar surface area (TPSA) is 54.4 Å². The molecule has 0 bridgehead atoms. The fraction of sp³-hybridized carbons (Fsp3) is 0.0909. The Hall–Kier alpha value is -1.32. The van der Waals surface area contributed by atoms with E-state index in [-0.39, 0.29) is 0 Å². The molecule has 0 saturated carbocycles. The van der Waals surface area contributed by atoms with Crippen molar-refractivity contribution in [1.82, 2.24) is 0 Å². The summed E-state index contributed by atoms with van der Waals surface area (Å²) in [5, 5.41) is 7.40. The molecule has 0 amide bonds. The van der Waals surface area contributed by atoms with Gasteiger partial charge in [0, 0.05) is 5.56 Å². The number of allylic oxidation sites excluding steroid dienone is 1. The molecule has 0 spiro atoms. The van der Waals surface area contributed by atoms with Gasteiger partial charge in [0.1, 0.15) is 10.1 Å². The minimum atomic E-state index is -1.42. The summed E-state index contributed by atoms with van der Waals surface area (Å²) in [5.74, 6) is -2.03. The van der Waals surface area contributed by atoms with E-state index in [0.717, 1.165) is 5.56 Å². The number of carboxylic acid groups (broad SMARTS) is 1. The summed E-state index contributed by atoms with van der Waals surface area (Å²) in [6, 6.07) is 6.58. The Morgan fingerprint density at radius 3 is 2.00 bits per heavy atom. The van der Waals surface area contributed by atoms with Crippen LogP contribution >= 0.6 is 23.2 Å². The Morgan fingerprint density at radius 1 is 1.06 bits per heavy atom. The van der Waals surface area contributed by atoms with Gasteiger partial charge in [-0.2, -0.15) is 0 Å². The molecule has 1 aromatic rings. The fourth-order valence-electron chi connectivity index (χ4n) is 1.03. The SMILES string of the molecule is Cc1ccc(C(=O)/C(Cl)=C(\Cl)C(=O)O)cc1. The van der Waals surface area contributed by atoms with Gasteiger partial charge in [-0.3, -0.25) is 4.79 Å². The second-order valence-electron chi connectivity index (χ2n) is 3.13. The number of hydrogen-bond acceptors (Lipinski definition) is 2. The smallest absolute Gasteiger partial charge is 0.349 e. The number of benzene rings is 1. The Balaban J connectivity index is 3.08. The highest BCUT2D eigenvalue weighted by molar-refractivity contribution is 6.54. The van der Waals surface area contributed by atoms with E-state index in [1.54, 1.807) is 24.3 Å². The predicted octanol–water partition coefficient (Wildman–Crippen LogP) is 2.95. The molecule has 0 radical (unpaired) electrons. The van der Waals surface area contributed by atoms with Crippen LogP contribution in [0.25, 0.3) is 0 Å². The van der Waals surface area contributed by atoms with Gasteiger partial charge >= 0.3 is 5.97 Å². The minimum absolute atomic E-state index is 0.301. The molecule has 0 atom stereocenters. The van der Waals surface area contributed by atoms with E-state index in [1.807, 2.05) is 6.92 Å². The standard InChI is InChI=1S/C11H8Cl2O3/c1-6-2-4-7(5-3-6)10(14)8(12)9(13)11(15)16/h2-5H,1H3,(H,15,16)/b9-8+. The van der Waals surface area contributed by atoms with Crippen LogP contribution in [0.15, 0.2) is 34.3 Å². The molecule has 3 nitrogen and oxygen atoms in total. The van der Waals surface area contributed by atoms with E-state index < -0.39 is 21.8 Å². The van der Waals surface area contributed by atoms with Crippen molar-refractivity contribution >= 4 is 35.0 Å². The van der Waals surface area contributed by atoms with Crippen molar-refractivity contribution in [2.45, 2.75) is 6.92 Å². The number of aliphatic carboxylic acids is 1. The van der Waals surface area contributed by atoms with Gasteiger partial charge in [0.2, 0.25) is 5.78 Å². The lowest BCUT2D eigenvalue weighted by molar-refractivity contribution is -0.131. The number of Topliss-reactive ketones (excluding diaryl/α,β-unsaturated/α-hetero) is 1. The molecule has 0 aliphatic rings. The molecule has 84 valence electrons. The maximum Gasteiger partial charge on any atom is 0.349 e. The van der Waals surface area contributed by atoms with Crippen molar-refractivity contribution in [1.29, 1.82) is 0 Å². The highest BCUT2D eigenvalue weighted by Gasteiger charge is 2.18. The summed E-state index contributed by atoms with van der Waals surface area (Å²) in [6.07, 6.45) is 0. The predicted molar refractivity (Wildman–Crippen MR) is 61.9 cm³/mol. The largest absolute Gasteiger partial charge is 0.477 e. The van der Waals surface area contributed by atoms with Gasteiger partial charge in [-0.25, -0.2) is 4.79 Å². The summed E-state index contributed by atoms with van der Waals surface area (Å²) in [7, 11) is 0. The summed E-state index contributed by atoms with van der Waals surface area (Å²) < 4.78 is 0. The van der Waals surface area contributed by atoms with Crippen molar-refractivity contribution in [3.05, 3.63) is 45.5 Å². The van der Waals surface area contributed by atoms with Crippen LogP contribution in [0, 0.1) is 6.92 Å². The Kier molecular flexibility index (Phi) is 4.10. The first-order valence-electron chi connectivity index (χ1n) is 4.33. The number of carbonyl (C=O) groups excluding carboxylic acids is 1. The monoisotopic (exact) mass is 258 g/mol. The van der Waals surface area contributed by atoms with Crippen LogP contribution in [0.4, 0.5) is 0 Å². The quantitative estimate of drug-likeness (QED) is 0.670. The average Bonchev–Trinajstić information content (AvgIpc) is 2.27. The molecule has 0 aliphatic carbocycles. The highest BCUT2D eigenvalue weighted by Crippen LogP contribution is 2.19. The van der Waals surface area contributed by atoms with Gasteiger partial charge in [0.25, 0.3) is 0 Å². The fourth-order valence-corrected chi connectivity index (χ4v) is 1.30. The highest BCUT2D eigenvalue weighted by atomic mass is 35.5. The first-order chi connectivity index (χ1) is 7.43. The van der Waals surface area contributed by atoms with Crippen molar-refractivity contribution < 1.29 is 14.7 Å². The van der Waals surface area contributed by atoms with Crippen LogP contribution in [0.2, 0.25) is 0 Å². The Labute approximate surface area is 102 Å². The molecule has 1 aromatic carbocycles. The summed E-state index contributed by atoms with van der Waals surface area (Å²) >= 11 is 10.9. The molecule has 1 rings (SSSR count). The van der Waals surface area contributed by atoms with Crippen LogP contribution in [0.3, 0.4) is 0 Å². The third-order valence-corrected chi connectivity index (χ3v) is 2.70. The number of rotatable bonds is 3. The number of aryl methyl sites for hydroxylation is 1. The summed E-state index contributed by atoms with van der Waals surface area (Å²) in [6.45, 7) is 1.87. The summed E-state index contributed by atoms with van der Waals surface area (Å²) in [5.41, 5.74) is 1.29. The third-order valence-electron chi connectivity index (χ3n) is 1.89. The number of ketones is 1. The zero-order chi connectivity index (χ0) is 12.3. The molecule has 5 heteroatoms. The maximum atomic E-state index is 11.7. The van der Waals surface area contributed by atoms with Crippen molar-refractivity contribution in [2.75, 3.05) is 0 Å². The molecular weight excluding hydrogens is 251 g/mol. The lowest BCUT2D eigenvalue weighted by Gasteiger charge is -2.01. The van der Waals surface area contributed by atoms with Gasteiger partial charge in [-0.1, -0.05) is 53.0 Å². The number of hydrogen-bond donors (Lipinski definition) is 1. The van der Waals surface area contributed by atoms with Crippen LogP contribution < -0.4 is 0 Å². The molecule has 0 aliphatic heterocycles. The minimum Gasteiger partial charge on any atom is -0.477 e. The van der Waals surface area contributed by atoms with Gasteiger partial charge < -0.3 is 5.11 Å². The average molecular weight is 259 g/mol. The zero-order valence-electron chi connectivity index (χ0n) is 8.33. The van der Waals surface area contributed by atoms with Crippen LogP contribution in [0.1, 0.15) is 15.9 Å². The molecule has 0 unspecified atom stereocenters. The number of halogens is 2. The maximum absolute atomic E-state index is 11.7. The van der Waals surface area contributed by atoms with Crippen molar-refractivity contribution in [3.63, 3.8) is 0 Å². The molecule has 0 fully saturated rings. The first kappa shape index (κ1) is 12.7. The molecule has 16 heavy (non-hydrogen) atoms. The van der Waals surface area contributed by atoms with Gasteiger partial charge in [-0.15, -0.1) is 0 Å². The van der Waals surface area contributed by atoms with Crippen LogP contribution in [-0.4, -0.2) is 16.9 Å². The molecule has 0 saturated heterocycles. The first-order valence-corrected chi connectivity index (χ1v) is 5.09. The summed E-state index contributed by atoms with van der Waals surface area (Å²) in [4.78, 5) is 22.2. The van der Waals surface area contributed by atoms with Gasteiger partial charge in [0.05, 0.1) is 0 Å². The van der Waals surface area contributed by atoms with E-state index in [0.29, 0.717) is 5.56 Å². The second-order valence-corrected chi connectivity index (χ2v) is 3.88. The number of carboxylic acids is 1. The van der Waals surface area contributed by atoms with E-state index in [4.69, 9.17) is 28.3 Å². The number of carbonyl (C=O) groups is 2. The Bertz CT molecular complexity index is 461. The zero-order valence-corrected chi connectivity index (χ0v) is 9.84. The van der Waals surface area contributed by atoms with E-state index in [9.17, 15) is 9.59 Å². The molecular formula is C11H8Cl2O3.